The Kier molecular flexibility index (Phi) is 5.47. The molecule has 200 valence electrons. The summed E-state index contributed by atoms with van der Waals surface area (Å²) in [5.74, 6) is 0. The van der Waals surface area contributed by atoms with Gasteiger partial charge in [0.15, 0.2) is 0 Å². The first-order valence-electron chi connectivity index (χ1n) is 14.8. The maximum atomic E-state index is 2.41. The maximum absolute atomic E-state index is 2.41. The molecule has 0 aliphatic carbocycles. The monoisotopic (exact) mass is 562 g/mol. The molecule has 0 unspecified atom stereocenters. The SMILES string of the molecule is c1ccc(-c2c3ccccc3c(-c3ccc4sc5ccccc5c4c3)c3ccccc23)c(-c2ccc3ccccc3c2)c1. The molecular weight excluding hydrogens is 537 g/mol. The van der Waals surface area contributed by atoms with Crippen LogP contribution in [0.4, 0.5) is 0 Å². The molecule has 9 aromatic rings. The van der Waals surface area contributed by atoms with Crippen molar-refractivity contribution in [3.63, 3.8) is 0 Å². The Morgan fingerprint density at radius 3 is 1.58 bits per heavy atom. The maximum Gasteiger partial charge on any atom is 0.0355 e. The Bertz CT molecular complexity index is 2460. The summed E-state index contributed by atoms with van der Waals surface area (Å²) in [5.41, 5.74) is 7.61. The van der Waals surface area contributed by atoms with E-state index in [-0.39, 0.29) is 0 Å². The summed E-state index contributed by atoms with van der Waals surface area (Å²) in [4.78, 5) is 0. The van der Waals surface area contributed by atoms with E-state index in [4.69, 9.17) is 0 Å². The zero-order valence-electron chi connectivity index (χ0n) is 23.4. The lowest BCUT2D eigenvalue weighted by Gasteiger charge is -2.20. The number of fused-ring (bicyclic) bond motifs is 6. The van der Waals surface area contributed by atoms with E-state index in [0.717, 1.165) is 0 Å². The molecular formula is C42H26S. The standard InChI is InChI=1S/C42H26S/c1-2-12-28-25-29(22-21-27(28)11-1)31-13-3-4-15-33(31)42-36-18-7-5-16-34(36)41(35-17-6-8-19-37(35)42)30-23-24-40-38(26-30)32-14-9-10-20-39(32)43-40/h1-26H. The average Bonchev–Trinajstić information content (AvgIpc) is 3.45. The van der Waals surface area contributed by atoms with Crippen LogP contribution in [0.2, 0.25) is 0 Å². The first kappa shape index (κ1) is 24.4. The van der Waals surface area contributed by atoms with Gasteiger partial charge in [-0.25, -0.2) is 0 Å². The molecule has 0 aliphatic heterocycles. The lowest BCUT2D eigenvalue weighted by atomic mass is 9.83. The molecule has 0 bridgehead atoms. The van der Waals surface area contributed by atoms with Crippen molar-refractivity contribution in [2.45, 2.75) is 0 Å². The van der Waals surface area contributed by atoms with E-state index in [1.165, 1.54) is 85.9 Å². The molecule has 0 fully saturated rings. The molecule has 0 saturated carbocycles. The zero-order chi connectivity index (χ0) is 28.3. The zero-order valence-corrected chi connectivity index (χ0v) is 24.2. The van der Waals surface area contributed by atoms with Gasteiger partial charge in [-0.2, -0.15) is 0 Å². The number of benzene rings is 8. The van der Waals surface area contributed by atoms with Gasteiger partial charge >= 0.3 is 0 Å². The van der Waals surface area contributed by atoms with Crippen molar-refractivity contribution < 1.29 is 0 Å². The molecule has 0 radical (unpaired) electrons. The minimum atomic E-state index is 1.24. The Morgan fingerprint density at radius 2 is 0.837 bits per heavy atom. The van der Waals surface area contributed by atoms with Crippen LogP contribution in [-0.4, -0.2) is 0 Å². The largest absolute Gasteiger partial charge is 0.135 e. The van der Waals surface area contributed by atoms with Gasteiger partial charge in [0, 0.05) is 20.2 Å². The summed E-state index contributed by atoms with van der Waals surface area (Å²) < 4.78 is 2.67. The molecule has 8 aromatic carbocycles. The van der Waals surface area contributed by atoms with Gasteiger partial charge in [0.1, 0.15) is 0 Å². The highest BCUT2D eigenvalue weighted by Gasteiger charge is 2.19. The molecule has 1 heterocycles. The van der Waals surface area contributed by atoms with Crippen LogP contribution in [0.1, 0.15) is 0 Å². The number of hydrogen-bond donors (Lipinski definition) is 0. The molecule has 0 aliphatic rings. The predicted molar refractivity (Wildman–Crippen MR) is 188 cm³/mol. The lowest BCUT2D eigenvalue weighted by Crippen LogP contribution is -1.92. The van der Waals surface area contributed by atoms with Crippen LogP contribution in [0.3, 0.4) is 0 Å². The summed E-state index contributed by atoms with van der Waals surface area (Å²) in [6.45, 7) is 0. The molecule has 0 spiro atoms. The molecule has 1 heteroatoms. The number of rotatable bonds is 3. The van der Waals surface area contributed by atoms with Gasteiger partial charge in [-0.15, -0.1) is 11.3 Å². The summed E-state index contributed by atoms with van der Waals surface area (Å²) in [6, 6.07) is 58.0. The fourth-order valence-corrected chi connectivity index (χ4v) is 8.01. The highest BCUT2D eigenvalue weighted by molar-refractivity contribution is 7.25. The van der Waals surface area contributed by atoms with Crippen LogP contribution in [0.15, 0.2) is 158 Å². The van der Waals surface area contributed by atoms with Crippen LogP contribution in [0.5, 0.6) is 0 Å². The van der Waals surface area contributed by atoms with Crippen LogP contribution < -0.4 is 0 Å². The molecule has 0 N–H and O–H groups in total. The van der Waals surface area contributed by atoms with Gasteiger partial charge in [0.05, 0.1) is 0 Å². The van der Waals surface area contributed by atoms with Crippen molar-refractivity contribution in [1.29, 1.82) is 0 Å². The van der Waals surface area contributed by atoms with E-state index in [9.17, 15) is 0 Å². The first-order chi connectivity index (χ1) is 21.3. The second kappa shape index (κ2) is 9.66. The Balaban J connectivity index is 1.35. The summed E-state index contributed by atoms with van der Waals surface area (Å²) in [6.07, 6.45) is 0. The van der Waals surface area contributed by atoms with Crippen molar-refractivity contribution in [3.05, 3.63) is 158 Å². The lowest BCUT2D eigenvalue weighted by molar-refractivity contribution is 1.62. The molecule has 43 heavy (non-hydrogen) atoms. The fourth-order valence-electron chi connectivity index (χ4n) is 6.92. The van der Waals surface area contributed by atoms with E-state index in [2.05, 4.69) is 158 Å². The van der Waals surface area contributed by atoms with Crippen LogP contribution in [0.25, 0.3) is 85.9 Å². The third kappa shape index (κ3) is 3.82. The molecule has 0 saturated heterocycles. The van der Waals surface area contributed by atoms with Gasteiger partial charge in [-0.1, -0.05) is 133 Å². The van der Waals surface area contributed by atoms with Gasteiger partial charge < -0.3 is 0 Å². The van der Waals surface area contributed by atoms with Crippen molar-refractivity contribution in [1.82, 2.24) is 0 Å². The summed E-state index contributed by atoms with van der Waals surface area (Å²) in [7, 11) is 0. The predicted octanol–water partition coefficient (Wildman–Crippen LogP) is 12.5. The van der Waals surface area contributed by atoms with E-state index in [0.29, 0.717) is 0 Å². The van der Waals surface area contributed by atoms with E-state index >= 15 is 0 Å². The van der Waals surface area contributed by atoms with Crippen molar-refractivity contribution >= 4 is 63.8 Å². The number of hydrogen-bond acceptors (Lipinski definition) is 1. The second-order valence-electron chi connectivity index (χ2n) is 11.3. The minimum Gasteiger partial charge on any atom is -0.135 e. The highest BCUT2D eigenvalue weighted by Crippen LogP contribution is 2.47. The van der Waals surface area contributed by atoms with Gasteiger partial charge in [-0.3, -0.25) is 0 Å². The van der Waals surface area contributed by atoms with Gasteiger partial charge in [0.2, 0.25) is 0 Å². The van der Waals surface area contributed by atoms with E-state index in [1.54, 1.807) is 0 Å². The van der Waals surface area contributed by atoms with E-state index in [1.807, 2.05) is 11.3 Å². The average molecular weight is 563 g/mol. The Morgan fingerprint density at radius 1 is 0.302 bits per heavy atom. The Labute approximate surface area is 254 Å². The van der Waals surface area contributed by atoms with Crippen molar-refractivity contribution in [2.24, 2.45) is 0 Å². The topological polar surface area (TPSA) is 0 Å². The third-order valence-corrected chi connectivity index (χ3v) is 10.0. The summed E-state index contributed by atoms with van der Waals surface area (Å²) in [5, 5.41) is 10.3. The molecule has 0 nitrogen and oxygen atoms in total. The van der Waals surface area contributed by atoms with Crippen LogP contribution in [-0.2, 0) is 0 Å². The van der Waals surface area contributed by atoms with Crippen molar-refractivity contribution in [3.8, 4) is 33.4 Å². The van der Waals surface area contributed by atoms with Gasteiger partial charge in [-0.05, 0) is 90.0 Å². The van der Waals surface area contributed by atoms with Crippen molar-refractivity contribution in [2.75, 3.05) is 0 Å². The molecule has 0 amide bonds. The third-order valence-electron chi connectivity index (χ3n) is 8.85. The molecule has 9 rings (SSSR count). The van der Waals surface area contributed by atoms with Crippen LogP contribution >= 0.6 is 11.3 Å². The fraction of sp³-hybridized carbons (Fsp3) is 0. The quantitative estimate of drug-likeness (QED) is 0.188. The normalized spacial score (nSPS) is 11.7. The first-order valence-corrected chi connectivity index (χ1v) is 15.6. The van der Waals surface area contributed by atoms with E-state index < -0.39 is 0 Å². The smallest absolute Gasteiger partial charge is 0.0355 e. The Hall–Kier alpha value is -5.24. The number of thiophene rings is 1. The molecule has 0 atom stereocenters. The highest BCUT2D eigenvalue weighted by atomic mass is 32.1. The molecule has 1 aromatic heterocycles. The second-order valence-corrected chi connectivity index (χ2v) is 12.3. The minimum absolute atomic E-state index is 1.24. The van der Waals surface area contributed by atoms with Crippen LogP contribution in [0, 0.1) is 0 Å². The summed E-state index contributed by atoms with van der Waals surface area (Å²) >= 11 is 1.87. The van der Waals surface area contributed by atoms with Gasteiger partial charge in [0.25, 0.3) is 0 Å².